The number of hydrogen-bond acceptors (Lipinski definition) is 8. The van der Waals surface area contributed by atoms with E-state index < -0.39 is 53.8 Å². The van der Waals surface area contributed by atoms with E-state index in [4.69, 9.17) is 27.9 Å². The van der Waals surface area contributed by atoms with Crippen molar-refractivity contribution in [2.75, 3.05) is 36.5 Å². The van der Waals surface area contributed by atoms with Gasteiger partial charge in [-0.25, -0.2) is 4.79 Å². The molecule has 0 radical (unpaired) electrons. The fraction of sp³-hybridized carbons (Fsp3) is 0.296. The molecule has 1 atom stereocenters. The fourth-order valence-corrected chi connectivity index (χ4v) is 4.88. The van der Waals surface area contributed by atoms with Crippen LogP contribution in [0.4, 0.5) is 11.4 Å². The number of carbonyl (C=O) groups is 7. The van der Waals surface area contributed by atoms with E-state index in [-0.39, 0.29) is 41.3 Å². The van der Waals surface area contributed by atoms with Gasteiger partial charge in [0.15, 0.2) is 0 Å². The van der Waals surface area contributed by atoms with Crippen molar-refractivity contribution in [3.63, 3.8) is 0 Å². The summed E-state index contributed by atoms with van der Waals surface area (Å²) in [7, 11) is 1.17. The minimum atomic E-state index is -1.03. The summed E-state index contributed by atoms with van der Waals surface area (Å²) in [6.45, 7) is -0.642. The highest BCUT2D eigenvalue weighted by Gasteiger charge is 2.38. The molecule has 0 fully saturated rings. The first-order chi connectivity index (χ1) is 19.5. The van der Waals surface area contributed by atoms with Crippen LogP contribution in [0.5, 0.6) is 0 Å². The van der Waals surface area contributed by atoms with E-state index in [9.17, 15) is 33.6 Å². The summed E-state index contributed by atoms with van der Waals surface area (Å²) < 4.78 is 4.77. The lowest BCUT2D eigenvalue weighted by atomic mass is 10.1. The Kier molecular flexibility index (Phi) is 9.04. The number of Topliss-reactive ketones (excluding diaryl/α,β-unsaturated/α-hetero) is 2. The molecule has 4 amide bonds. The third kappa shape index (κ3) is 6.39. The van der Waals surface area contributed by atoms with Crippen molar-refractivity contribution in [3.8, 4) is 0 Å². The minimum absolute atomic E-state index is 0.0937. The van der Waals surface area contributed by atoms with Crippen LogP contribution in [0.3, 0.4) is 0 Å². The number of ketones is 2. The Balaban J connectivity index is 1.24. The third-order valence-electron chi connectivity index (χ3n) is 6.53. The average molecular weight is 603 g/mol. The smallest absolute Gasteiger partial charge is 0.328 e. The van der Waals surface area contributed by atoms with Gasteiger partial charge in [0.1, 0.15) is 19.1 Å². The average Bonchev–Trinajstić information content (AvgIpc) is 3.31. The van der Waals surface area contributed by atoms with E-state index in [1.54, 1.807) is 0 Å². The standard InChI is InChI=1S/C27H24Cl2N4O8/c1-41-27(40)18(31-22(35)13-33-20-8-6-15(29)11-17(20)24(37)26(33)39)4-2-3-9-30-21(34)12-32-19-7-5-14(28)10-16(19)23(36)25(32)38/h5-8,10-11,18H,2-4,9,12-13H2,1H3,(H,30,34)(H,31,35)/t18-/m0/s1. The Morgan fingerprint density at radius 2 is 1.32 bits per heavy atom. The van der Waals surface area contributed by atoms with Crippen LogP contribution in [-0.2, 0) is 28.7 Å². The van der Waals surface area contributed by atoms with E-state index in [2.05, 4.69) is 10.6 Å². The summed E-state index contributed by atoms with van der Waals surface area (Å²) in [5.41, 5.74) is 0.789. The maximum atomic E-state index is 12.7. The van der Waals surface area contributed by atoms with Crippen LogP contribution in [0.25, 0.3) is 0 Å². The third-order valence-corrected chi connectivity index (χ3v) is 7.00. The van der Waals surface area contributed by atoms with Crippen LogP contribution in [0.15, 0.2) is 36.4 Å². The molecule has 2 aromatic carbocycles. The minimum Gasteiger partial charge on any atom is -0.467 e. The lowest BCUT2D eigenvalue weighted by Crippen LogP contribution is -2.47. The molecule has 2 aliphatic rings. The number of esters is 1. The zero-order valence-corrected chi connectivity index (χ0v) is 23.2. The van der Waals surface area contributed by atoms with E-state index in [0.717, 1.165) is 9.80 Å². The number of hydrogen-bond donors (Lipinski definition) is 2. The number of amides is 4. The Morgan fingerprint density at radius 3 is 1.83 bits per heavy atom. The Labute approximate surface area is 243 Å². The molecule has 0 saturated carbocycles. The summed E-state index contributed by atoms with van der Waals surface area (Å²) >= 11 is 11.8. The summed E-state index contributed by atoms with van der Waals surface area (Å²) in [6.07, 6.45) is 0.979. The summed E-state index contributed by atoms with van der Waals surface area (Å²) in [4.78, 5) is 88.5. The molecule has 0 aromatic heterocycles. The van der Waals surface area contributed by atoms with Gasteiger partial charge in [0.2, 0.25) is 11.8 Å². The van der Waals surface area contributed by atoms with Crippen molar-refractivity contribution < 1.29 is 38.3 Å². The molecular weight excluding hydrogens is 579 g/mol. The number of nitrogens with zero attached hydrogens (tertiary/aromatic N) is 2. The van der Waals surface area contributed by atoms with Crippen molar-refractivity contribution in [2.45, 2.75) is 25.3 Å². The number of rotatable bonds is 11. The van der Waals surface area contributed by atoms with Gasteiger partial charge in [-0.15, -0.1) is 0 Å². The zero-order valence-electron chi connectivity index (χ0n) is 21.7. The van der Waals surface area contributed by atoms with Crippen LogP contribution in [0, 0.1) is 0 Å². The van der Waals surface area contributed by atoms with Gasteiger partial charge in [0, 0.05) is 16.6 Å². The summed E-state index contributed by atoms with van der Waals surface area (Å²) in [6, 6.07) is 7.67. The zero-order chi connectivity index (χ0) is 29.8. The van der Waals surface area contributed by atoms with Gasteiger partial charge in [-0.3, -0.25) is 38.6 Å². The number of halogens is 2. The van der Waals surface area contributed by atoms with Crippen LogP contribution in [0.1, 0.15) is 40.0 Å². The van der Waals surface area contributed by atoms with Gasteiger partial charge >= 0.3 is 5.97 Å². The second kappa shape index (κ2) is 12.5. The highest BCUT2D eigenvalue weighted by Crippen LogP contribution is 2.32. The number of carbonyl (C=O) groups excluding carboxylic acids is 7. The number of fused-ring (bicyclic) bond motifs is 2. The Bertz CT molecular complexity index is 1480. The number of unbranched alkanes of at least 4 members (excludes halogenated alkanes) is 1. The lowest BCUT2D eigenvalue weighted by Gasteiger charge is -2.20. The molecule has 0 aliphatic carbocycles. The molecular formula is C27H24Cl2N4O8. The Hall–Kier alpha value is -4.29. The maximum Gasteiger partial charge on any atom is 0.328 e. The number of ether oxygens (including phenoxy) is 1. The topological polar surface area (TPSA) is 159 Å². The van der Waals surface area contributed by atoms with E-state index >= 15 is 0 Å². The molecule has 41 heavy (non-hydrogen) atoms. The second-order valence-corrected chi connectivity index (χ2v) is 10.1. The first-order valence-electron chi connectivity index (χ1n) is 12.5. The van der Waals surface area contributed by atoms with Gasteiger partial charge in [-0.2, -0.15) is 0 Å². The monoisotopic (exact) mass is 602 g/mol. The largest absolute Gasteiger partial charge is 0.467 e. The predicted octanol–water partition coefficient (Wildman–Crippen LogP) is 1.70. The van der Waals surface area contributed by atoms with Gasteiger partial charge in [0.25, 0.3) is 23.4 Å². The van der Waals surface area contributed by atoms with E-state index in [1.165, 1.54) is 43.5 Å². The van der Waals surface area contributed by atoms with Gasteiger partial charge in [0.05, 0.1) is 29.6 Å². The highest BCUT2D eigenvalue weighted by atomic mass is 35.5. The molecule has 2 N–H and O–H groups in total. The summed E-state index contributed by atoms with van der Waals surface area (Å²) in [5, 5.41) is 5.75. The van der Waals surface area contributed by atoms with Crippen LogP contribution in [-0.4, -0.2) is 74.0 Å². The first-order valence-corrected chi connectivity index (χ1v) is 13.2. The quantitative estimate of drug-likeness (QED) is 0.223. The van der Waals surface area contributed by atoms with Crippen LogP contribution in [0.2, 0.25) is 10.0 Å². The fourth-order valence-electron chi connectivity index (χ4n) is 4.53. The molecule has 0 unspecified atom stereocenters. The molecule has 2 aliphatic heterocycles. The molecule has 12 nitrogen and oxygen atoms in total. The van der Waals surface area contributed by atoms with Crippen molar-refractivity contribution >= 4 is 75.7 Å². The van der Waals surface area contributed by atoms with Crippen molar-refractivity contribution in [2.24, 2.45) is 0 Å². The molecule has 2 heterocycles. The first kappa shape index (κ1) is 29.7. The number of nitrogens with one attached hydrogen (secondary N) is 2. The van der Waals surface area contributed by atoms with Crippen molar-refractivity contribution in [1.29, 1.82) is 0 Å². The molecule has 0 bridgehead atoms. The molecule has 214 valence electrons. The summed E-state index contributed by atoms with van der Waals surface area (Å²) in [5.74, 6) is -5.08. The van der Waals surface area contributed by atoms with Crippen molar-refractivity contribution in [1.82, 2.24) is 10.6 Å². The maximum absolute atomic E-state index is 12.7. The van der Waals surface area contributed by atoms with Crippen LogP contribution < -0.4 is 20.4 Å². The second-order valence-electron chi connectivity index (χ2n) is 9.25. The number of anilines is 2. The van der Waals surface area contributed by atoms with Gasteiger partial charge in [-0.1, -0.05) is 23.2 Å². The predicted molar refractivity (Wildman–Crippen MR) is 147 cm³/mol. The SMILES string of the molecule is COC(=O)[C@H](CCCCNC(=O)CN1C(=O)C(=O)c2cc(Cl)ccc21)NC(=O)CN1C(=O)C(=O)c2cc(Cl)ccc21. The highest BCUT2D eigenvalue weighted by molar-refractivity contribution is 6.53. The number of benzene rings is 2. The lowest BCUT2D eigenvalue weighted by molar-refractivity contribution is -0.145. The molecule has 2 aromatic rings. The van der Waals surface area contributed by atoms with Crippen molar-refractivity contribution in [3.05, 3.63) is 57.6 Å². The van der Waals surface area contributed by atoms with E-state index in [0.29, 0.717) is 23.6 Å². The molecule has 4 rings (SSSR count). The normalized spacial score (nSPS) is 14.6. The molecule has 14 heteroatoms. The molecule has 0 saturated heterocycles. The van der Waals surface area contributed by atoms with Gasteiger partial charge in [-0.05, 0) is 55.7 Å². The molecule has 0 spiro atoms. The number of methoxy groups -OCH3 is 1. The van der Waals surface area contributed by atoms with E-state index in [1.807, 2.05) is 0 Å². The van der Waals surface area contributed by atoms with Crippen LogP contribution >= 0.6 is 23.2 Å². The van der Waals surface area contributed by atoms with Gasteiger partial charge < -0.3 is 15.4 Å². The Morgan fingerprint density at radius 1 is 0.805 bits per heavy atom.